The summed E-state index contributed by atoms with van der Waals surface area (Å²) in [6.45, 7) is 1.06. The molecule has 1 saturated heterocycles. The summed E-state index contributed by atoms with van der Waals surface area (Å²) < 4.78 is 11.6. The molecule has 146 valence electrons. The number of rotatable bonds is 5. The molecule has 4 rings (SSSR count). The fourth-order valence-corrected chi connectivity index (χ4v) is 3.40. The number of hydrogen-bond donors (Lipinski definition) is 0. The summed E-state index contributed by atoms with van der Waals surface area (Å²) in [7, 11) is 0. The zero-order valence-corrected chi connectivity index (χ0v) is 15.8. The van der Waals surface area contributed by atoms with Gasteiger partial charge in [-0.2, -0.15) is 5.26 Å². The zero-order valence-electron chi connectivity index (χ0n) is 15.8. The second-order valence-corrected chi connectivity index (χ2v) is 6.84. The van der Waals surface area contributed by atoms with Crippen LogP contribution >= 0.6 is 0 Å². The first-order valence-corrected chi connectivity index (χ1v) is 9.50. The van der Waals surface area contributed by atoms with Gasteiger partial charge in [-0.05, 0) is 35.7 Å². The van der Waals surface area contributed by atoms with Crippen LogP contribution in [0.1, 0.15) is 18.5 Å². The minimum absolute atomic E-state index is 0.0281. The van der Waals surface area contributed by atoms with E-state index in [-0.39, 0.29) is 30.2 Å². The Bertz CT molecular complexity index is 1060. The first-order chi connectivity index (χ1) is 14.2. The van der Waals surface area contributed by atoms with Crippen molar-refractivity contribution in [2.45, 2.75) is 18.9 Å². The van der Waals surface area contributed by atoms with Crippen LogP contribution in [0, 0.1) is 11.3 Å². The van der Waals surface area contributed by atoms with Crippen LogP contribution in [0.25, 0.3) is 10.8 Å². The summed E-state index contributed by atoms with van der Waals surface area (Å²) in [5.41, 5.74) is 0.149. The predicted octanol–water partition coefficient (Wildman–Crippen LogP) is 2.95. The van der Waals surface area contributed by atoms with Gasteiger partial charge in [-0.1, -0.05) is 30.3 Å². The molecule has 2 heterocycles. The molecular weight excluding hydrogens is 368 g/mol. The molecule has 1 aromatic heterocycles. The second-order valence-electron chi connectivity index (χ2n) is 6.84. The lowest BCUT2D eigenvalue weighted by Gasteiger charge is -2.32. The average Bonchev–Trinajstić information content (AvgIpc) is 2.78. The summed E-state index contributed by atoms with van der Waals surface area (Å²) >= 11 is 0. The molecule has 1 fully saturated rings. The number of carbonyl (C=O) groups excluding carboxylic acids is 1. The molecular formula is C22H20N4O3. The fraction of sp³-hybridized carbons (Fsp3) is 0.273. The molecule has 0 N–H and O–H groups in total. The number of likely N-dealkylation sites (tertiary alicyclic amines) is 1. The molecule has 2 aromatic carbocycles. The van der Waals surface area contributed by atoms with Crippen molar-refractivity contribution in [3.63, 3.8) is 0 Å². The van der Waals surface area contributed by atoms with Crippen LogP contribution < -0.4 is 9.47 Å². The average molecular weight is 388 g/mol. The highest BCUT2D eigenvalue weighted by molar-refractivity contribution is 5.84. The second kappa shape index (κ2) is 8.57. The zero-order chi connectivity index (χ0) is 20.1. The summed E-state index contributed by atoms with van der Waals surface area (Å²) in [6, 6.07) is 15.8. The highest BCUT2D eigenvalue weighted by Crippen LogP contribution is 2.21. The maximum Gasteiger partial charge on any atom is 0.260 e. The van der Waals surface area contributed by atoms with E-state index in [0.29, 0.717) is 18.8 Å². The van der Waals surface area contributed by atoms with Gasteiger partial charge in [-0.15, -0.1) is 0 Å². The fourth-order valence-electron chi connectivity index (χ4n) is 3.40. The number of ether oxygens (including phenoxy) is 2. The topological polar surface area (TPSA) is 88.3 Å². The molecule has 7 heteroatoms. The lowest BCUT2D eigenvalue weighted by molar-refractivity contribution is -0.136. The van der Waals surface area contributed by atoms with Crippen molar-refractivity contribution in [1.29, 1.82) is 5.26 Å². The largest absolute Gasteiger partial charge is 0.484 e. The molecule has 0 spiro atoms. The van der Waals surface area contributed by atoms with E-state index in [1.807, 2.05) is 48.5 Å². The first kappa shape index (κ1) is 18.7. The van der Waals surface area contributed by atoms with Crippen LogP contribution in [-0.4, -0.2) is 46.6 Å². The highest BCUT2D eigenvalue weighted by Gasteiger charge is 2.26. The van der Waals surface area contributed by atoms with E-state index in [1.54, 1.807) is 4.90 Å². The lowest BCUT2D eigenvalue weighted by Crippen LogP contribution is -2.46. The van der Waals surface area contributed by atoms with Gasteiger partial charge in [0.1, 0.15) is 17.9 Å². The Kier molecular flexibility index (Phi) is 5.52. The van der Waals surface area contributed by atoms with E-state index in [4.69, 9.17) is 14.7 Å². The smallest absolute Gasteiger partial charge is 0.260 e. The first-order valence-electron chi connectivity index (χ1n) is 9.50. The Balaban J connectivity index is 1.35. The summed E-state index contributed by atoms with van der Waals surface area (Å²) in [4.78, 5) is 22.4. The molecule has 1 aliphatic heterocycles. The molecule has 3 aromatic rings. The summed E-state index contributed by atoms with van der Waals surface area (Å²) in [6.07, 6.45) is 4.31. The van der Waals surface area contributed by atoms with E-state index < -0.39 is 0 Å². The predicted molar refractivity (Wildman–Crippen MR) is 106 cm³/mol. The Hall–Kier alpha value is -3.66. The molecule has 0 bridgehead atoms. The number of hydrogen-bond acceptors (Lipinski definition) is 6. The van der Waals surface area contributed by atoms with Gasteiger partial charge >= 0.3 is 0 Å². The maximum absolute atomic E-state index is 12.6. The van der Waals surface area contributed by atoms with Gasteiger partial charge in [0.05, 0.1) is 6.54 Å². The molecule has 1 aliphatic rings. The third kappa shape index (κ3) is 4.43. The van der Waals surface area contributed by atoms with Gasteiger partial charge in [0.15, 0.2) is 6.61 Å². The Morgan fingerprint density at radius 3 is 2.86 bits per heavy atom. The van der Waals surface area contributed by atoms with Gasteiger partial charge in [0.25, 0.3) is 11.8 Å². The van der Waals surface area contributed by atoms with E-state index >= 15 is 0 Å². The van der Waals surface area contributed by atoms with Gasteiger partial charge < -0.3 is 14.4 Å². The van der Waals surface area contributed by atoms with Crippen molar-refractivity contribution in [2.24, 2.45) is 0 Å². The number of nitriles is 1. The van der Waals surface area contributed by atoms with Gasteiger partial charge in [-0.25, -0.2) is 9.97 Å². The van der Waals surface area contributed by atoms with E-state index in [9.17, 15) is 4.79 Å². The monoisotopic (exact) mass is 388 g/mol. The van der Waals surface area contributed by atoms with Crippen LogP contribution in [-0.2, 0) is 4.79 Å². The van der Waals surface area contributed by atoms with Crippen LogP contribution in [0.3, 0.4) is 0 Å². The number of fused-ring (bicyclic) bond motifs is 1. The molecule has 1 amide bonds. The number of piperidine rings is 1. The SMILES string of the molecule is N#Cc1nccnc1OC1CCCN(C(=O)COc2ccc3ccccc3c2)C1. The lowest BCUT2D eigenvalue weighted by atomic mass is 10.1. The van der Waals surface area contributed by atoms with Gasteiger partial charge in [0, 0.05) is 18.9 Å². The number of benzene rings is 2. The third-order valence-corrected chi connectivity index (χ3v) is 4.86. The van der Waals surface area contributed by atoms with Gasteiger partial charge in [-0.3, -0.25) is 4.79 Å². The Morgan fingerprint density at radius 2 is 2.00 bits per heavy atom. The quantitative estimate of drug-likeness (QED) is 0.668. The molecule has 0 aliphatic carbocycles. The number of amides is 1. The molecule has 7 nitrogen and oxygen atoms in total. The minimum atomic E-state index is -0.225. The van der Waals surface area contributed by atoms with Crippen molar-refractivity contribution < 1.29 is 14.3 Å². The molecule has 1 unspecified atom stereocenters. The van der Waals surface area contributed by atoms with E-state index in [0.717, 1.165) is 23.6 Å². The van der Waals surface area contributed by atoms with Gasteiger partial charge in [0.2, 0.25) is 5.69 Å². The number of nitrogens with zero attached hydrogens (tertiary/aromatic N) is 4. The summed E-state index contributed by atoms with van der Waals surface area (Å²) in [5.74, 6) is 0.785. The minimum Gasteiger partial charge on any atom is -0.484 e. The van der Waals surface area contributed by atoms with Crippen molar-refractivity contribution in [2.75, 3.05) is 19.7 Å². The normalized spacial score (nSPS) is 16.2. The van der Waals surface area contributed by atoms with Crippen LogP contribution in [0.4, 0.5) is 0 Å². The molecule has 1 atom stereocenters. The molecule has 0 saturated carbocycles. The standard InChI is InChI=1S/C22H20N4O3/c23-13-20-22(25-10-9-24-20)29-19-6-3-11-26(14-19)21(27)15-28-18-8-7-16-4-1-2-5-17(16)12-18/h1-2,4-5,7-10,12,19H,3,6,11,14-15H2. The third-order valence-electron chi connectivity index (χ3n) is 4.86. The van der Waals surface area contributed by atoms with Crippen molar-refractivity contribution in [3.05, 3.63) is 60.6 Å². The Labute approximate surface area is 168 Å². The molecule has 0 radical (unpaired) electrons. The maximum atomic E-state index is 12.6. The molecule has 29 heavy (non-hydrogen) atoms. The Morgan fingerprint density at radius 1 is 1.17 bits per heavy atom. The summed E-state index contributed by atoms with van der Waals surface area (Å²) in [5, 5.41) is 11.3. The van der Waals surface area contributed by atoms with E-state index in [1.165, 1.54) is 12.4 Å². The number of aromatic nitrogens is 2. The van der Waals surface area contributed by atoms with Crippen LogP contribution in [0.2, 0.25) is 0 Å². The van der Waals surface area contributed by atoms with E-state index in [2.05, 4.69) is 9.97 Å². The highest BCUT2D eigenvalue weighted by atomic mass is 16.5. The van der Waals surface area contributed by atoms with Crippen molar-refractivity contribution in [3.8, 4) is 17.7 Å². The number of carbonyl (C=O) groups is 1. The van der Waals surface area contributed by atoms with Crippen LogP contribution in [0.5, 0.6) is 11.6 Å². The van der Waals surface area contributed by atoms with Crippen molar-refractivity contribution in [1.82, 2.24) is 14.9 Å². The van der Waals surface area contributed by atoms with Crippen LogP contribution in [0.15, 0.2) is 54.9 Å². The van der Waals surface area contributed by atoms with Crippen molar-refractivity contribution >= 4 is 16.7 Å².